The molecule has 2 rings (SSSR count). The largest absolute Gasteiger partial charge is 0.457 e. The molecule has 0 atom stereocenters. The molecule has 0 aliphatic heterocycles. The lowest BCUT2D eigenvalue weighted by Crippen LogP contribution is -1.99. The van der Waals surface area contributed by atoms with Crippen molar-refractivity contribution in [3.63, 3.8) is 0 Å². The summed E-state index contributed by atoms with van der Waals surface area (Å²) >= 11 is 3.16. The molecule has 0 heterocycles. The summed E-state index contributed by atoms with van der Waals surface area (Å²) in [5.74, 6) is 2.09. The van der Waals surface area contributed by atoms with Crippen LogP contribution in [0.4, 0.5) is 0 Å². The first kappa shape index (κ1) is 14.8. The normalized spacial score (nSPS) is 10.6. The van der Waals surface area contributed by atoms with Crippen LogP contribution in [0.5, 0.6) is 11.5 Å². The van der Waals surface area contributed by atoms with Gasteiger partial charge in [0.15, 0.2) is 5.78 Å². The predicted molar refractivity (Wildman–Crippen MR) is 85.2 cm³/mol. The van der Waals surface area contributed by atoms with Crippen LogP contribution in [-0.2, 0) is 0 Å². The maximum Gasteiger partial charge on any atom is 0.173 e. The van der Waals surface area contributed by atoms with E-state index in [0.29, 0.717) is 16.8 Å². The number of hydrogen-bond donors (Lipinski definition) is 0. The van der Waals surface area contributed by atoms with Crippen molar-refractivity contribution >= 4 is 21.7 Å². The number of carbonyl (C=O) groups excluding carboxylic acids is 1. The zero-order valence-electron chi connectivity index (χ0n) is 11.6. The fraction of sp³-hybridized carbons (Fsp3) is 0.235. The van der Waals surface area contributed by atoms with Gasteiger partial charge >= 0.3 is 0 Å². The second kappa shape index (κ2) is 6.71. The predicted octanol–water partition coefficient (Wildman–Crippen LogP) is 5.18. The van der Waals surface area contributed by atoms with Crippen molar-refractivity contribution in [2.75, 3.05) is 5.33 Å². The molecule has 0 fully saturated rings. The van der Waals surface area contributed by atoms with E-state index in [1.807, 2.05) is 30.3 Å². The van der Waals surface area contributed by atoms with Gasteiger partial charge in [0.25, 0.3) is 0 Å². The lowest BCUT2D eigenvalue weighted by molar-refractivity contribution is 0.102. The molecule has 0 amide bonds. The Morgan fingerprint density at radius 1 is 1.10 bits per heavy atom. The number of alkyl halides is 1. The minimum Gasteiger partial charge on any atom is -0.457 e. The SMILES string of the molecule is CC(C)c1cccc(Oc2ccc(C(=O)CBr)cc2)c1. The zero-order chi connectivity index (χ0) is 14.5. The molecular formula is C17H17BrO2. The molecule has 0 aromatic heterocycles. The Balaban J connectivity index is 2.14. The van der Waals surface area contributed by atoms with E-state index in [9.17, 15) is 4.79 Å². The van der Waals surface area contributed by atoms with Crippen LogP contribution >= 0.6 is 15.9 Å². The van der Waals surface area contributed by atoms with Crippen LogP contribution in [0.15, 0.2) is 48.5 Å². The van der Waals surface area contributed by atoms with E-state index in [0.717, 1.165) is 11.5 Å². The van der Waals surface area contributed by atoms with Crippen molar-refractivity contribution in [2.24, 2.45) is 0 Å². The Hall–Kier alpha value is -1.61. The summed E-state index contributed by atoms with van der Waals surface area (Å²) in [6.07, 6.45) is 0. The highest BCUT2D eigenvalue weighted by Gasteiger charge is 2.05. The van der Waals surface area contributed by atoms with Crippen LogP contribution in [0.1, 0.15) is 35.7 Å². The quantitative estimate of drug-likeness (QED) is 0.557. The summed E-state index contributed by atoms with van der Waals surface area (Å²) in [6, 6.07) is 15.3. The van der Waals surface area contributed by atoms with E-state index in [4.69, 9.17) is 4.74 Å². The third kappa shape index (κ3) is 3.70. The summed E-state index contributed by atoms with van der Waals surface area (Å²) in [5, 5.41) is 0.337. The zero-order valence-corrected chi connectivity index (χ0v) is 13.2. The van der Waals surface area contributed by atoms with Crippen LogP contribution < -0.4 is 4.74 Å². The monoisotopic (exact) mass is 332 g/mol. The van der Waals surface area contributed by atoms with E-state index < -0.39 is 0 Å². The molecule has 3 heteroatoms. The summed E-state index contributed by atoms with van der Waals surface area (Å²) < 4.78 is 5.81. The summed E-state index contributed by atoms with van der Waals surface area (Å²) in [4.78, 5) is 11.5. The average molecular weight is 333 g/mol. The number of Topliss-reactive ketones (excluding diaryl/α,β-unsaturated/α-hetero) is 1. The fourth-order valence-electron chi connectivity index (χ4n) is 1.86. The Bertz CT molecular complexity index is 588. The van der Waals surface area contributed by atoms with Gasteiger partial charge in [-0.1, -0.05) is 41.9 Å². The molecule has 0 N–H and O–H groups in total. The Morgan fingerprint density at radius 3 is 2.40 bits per heavy atom. The number of halogens is 1. The van der Waals surface area contributed by atoms with Gasteiger partial charge in [0.2, 0.25) is 0 Å². The van der Waals surface area contributed by atoms with Gasteiger partial charge in [-0.3, -0.25) is 4.79 Å². The van der Waals surface area contributed by atoms with Gasteiger partial charge in [0.05, 0.1) is 5.33 Å². The molecule has 2 nitrogen and oxygen atoms in total. The van der Waals surface area contributed by atoms with Crippen molar-refractivity contribution < 1.29 is 9.53 Å². The lowest BCUT2D eigenvalue weighted by Gasteiger charge is -2.10. The van der Waals surface area contributed by atoms with E-state index in [1.165, 1.54) is 5.56 Å². The smallest absolute Gasteiger partial charge is 0.173 e. The molecule has 0 bridgehead atoms. The Kier molecular flexibility index (Phi) is 4.96. The third-order valence-electron chi connectivity index (χ3n) is 3.06. The third-order valence-corrected chi connectivity index (χ3v) is 3.57. The maximum atomic E-state index is 11.5. The molecule has 0 spiro atoms. The molecule has 0 unspecified atom stereocenters. The number of ether oxygens (including phenoxy) is 1. The maximum absolute atomic E-state index is 11.5. The topological polar surface area (TPSA) is 26.3 Å². The Morgan fingerprint density at radius 2 is 1.80 bits per heavy atom. The minimum atomic E-state index is 0.0679. The van der Waals surface area contributed by atoms with Gasteiger partial charge in [0, 0.05) is 5.56 Å². The Labute approximate surface area is 127 Å². The number of rotatable bonds is 5. The van der Waals surface area contributed by atoms with E-state index in [-0.39, 0.29) is 5.78 Å². The molecule has 2 aromatic carbocycles. The minimum absolute atomic E-state index is 0.0679. The average Bonchev–Trinajstić information content (AvgIpc) is 2.47. The second-order valence-corrected chi connectivity index (χ2v) is 5.47. The number of ketones is 1. The lowest BCUT2D eigenvalue weighted by atomic mass is 10.0. The van der Waals surface area contributed by atoms with Crippen LogP contribution in [-0.4, -0.2) is 11.1 Å². The van der Waals surface area contributed by atoms with Crippen LogP contribution in [0.25, 0.3) is 0 Å². The van der Waals surface area contributed by atoms with E-state index in [1.54, 1.807) is 12.1 Å². The standard InChI is InChI=1S/C17H17BrO2/c1-12(2)14-4-3-5-16(10-14)20-15-8-6-13(7-9-15)17(19)11-18/h3-10,12H,11H2,1-2H3. The number of hydrogen-bond acceptors (Lipinski definition) is 2. The molecule has 0 aliphatic rings. The highest BCUT2D eigenvalue weighted by Crippen LogP contribution is 2.25. The van der Waals surface area contributed by atoms with Crippen LogP contribution in [0.2, 0.25) is 0 Å². The fourth-order valence-corrected chi connectivity index (χ4v) is 2.18. The van der Waals surface area contributed by atoms with Crippen molar-refractivity contribution in [2.45, 2.75) is 19.8 Å². The first-order chi connectivity index (χ1) is 9.60. The number of carbonyl (C=O) groups is 1. The highest BCUT2D eigenvalue weighted by molar-refractivity contribution is 9.09. The van der Waals surface area contributed by atoms with Crippen molar-refractivity contribution in [3.8, 4) is 11.5 Å². The summed E-state index contributed by atoms with van der Waals surface area (Å²) in [7, 11) is 0. The molecule has 0 aliphatic carbocycles. The second-order valence-electron chi connectivity index (χ2n) is 4.91. The first-order valence-electron chi connectivity index (χ1n) is 6.57. The van der Waals surface area contributed by atoms with E-state index >= 15 is 0 Å². The van der Waals surface area contributed by atoms with E-state index in [2.05, 4.69) is 35.8 Å². The van der Waals surface area contributed by atoms with Crippen molar-refractivity contribution in [3.05, 3.63) is 59.7 Å². The van der Waals surface area contributed by atoms with Gasteiger partial charge in [-0.2, -0.15) is 0 Å². The van der Waals surface area contributed by atoms with Crippen LogP contribution in [0.3, 0.4) is 0 Å². The highest BCUT2D eigenvalue weighted by atomic mass is 79.9. The van der Waals surface area contributed by atoms with Crippen molar-refractivity contribution in [1.29, 1.82) is 0 Å². The number of benzene rings is 2. The first-order valence-corrected chi connectivity index (χ1v) is 7.69. The molecule has 20 heavy (non-hydrogen) atoms. The molecule has 0 radical (unpaired) electrons. The molecule has 0 saturated heterocycles. The molecule has 2 aromatic rings. The van der Waals surface area contributed by atoms with Gasteiger partial charge in [0.1, 0.15) is 11.5 Å². The summed E-state index contributed by atoms with van der Waals surface area (Å²) in [5.41, 5.74) is 1.93. The molecule has 104 valence electrons. The van der Waals surface area contributed by atoms with Gasteiger partial charge in [-0.05, 0) is 47.9 Å². The van der Waals surface area contributed by atoms with Gasteiger partial charge < -0.3 is 4.74 Å². The van der Waals surface area contributed by atoms with Crippen LogP contribution in [0, 0.1) is 0 Å². The molecule has 0 saturated carbocycles. The van der Waals surface area contributed by atoms with Crippen molar-refractivity contribution in [1.82, 2.24) is 0 Å². The molecular weight excluding hydrogens is 316 g/mol. The summed E-state index contributed by atoms with van der Waals surface area (Å²) in [6.45, 7) is 4.31. The van der Waals surface area contributed by atoms with Gasteiger partial charge in [-0.15, -0.1) is 0 Å². The van der Waals surface area contributed by atoms with Gasteiger partial charge in [-0.25, -0.2) is 0 Å².